The van der Waals surface area contributed by atoms with Crippen molar-refractivity contribution in [2.24, 2.45) is 0 Å². The average molecular weight is 324 g/mol. The maximum absolute atomic E-state index is 12.4. The zero-order valence-corrected chi connectivity index (χ0v) is 13.9. The Hall–Kier alpha value is -1.94. The molecule has 1 saturated heterocycles. The standard InChI is InChI=1S/C19H20N2OS/c22-19(20-12-5-6-13-20)11-14-21-15-7-1-3-9-17(15)23-18-10-4-2-8-16(18)21/h1-4,7-10H,5-6,11-14H2. The van der Waals surface area contributed by atoms with Crippen LogP contribution in [0.5, 0.6) is 0 Å². The maximum atomic E-state index is 12.4. The second-order valence-corrected chi connectivity index (χ2v) is 7.11. The molecular formula is C19H20N2OS. The average Bonchev–Trinajstić information content (AvgIpc) is 3.13. The van der Waals surface area contributed by atoms with Gasteiger partial charge in [0, 0.05) is 35.8 Å². The second-order valence-electron chi connectivity index (χ2n) is 6.03. The summed E-state index contributed by atoms with van der Waals surface area (Å²) in [5.41, 5.74) is 2.43. The van der Waals surface area contributed by atoms with Gasteiger partial charge in [-0.1, -0.05) is 36.0 Å². The van der Waals surface area contributed by atoms with Crippen molar-refractivity contribution in [3.8, 4) is 0 Å². The van der Waals surface area contributed by atoms with Crippen LogP contribution in [0.3, 0.4) is 0 Å². The molecule has 2 aliphatic heterocycles. The minimum absolute atomic E-state index is 0.288. The first-order chi connectivity index (χ1) is 11.3. The maximum Gasteiger partial charge on any atom is 0.224 e. The van der Waals surface area contributed by atoms with Crippen LogP contribution in [0.4, 0.5) is 11.4 Å². The fourth-order valence-electron chi connectivity index (χ4n) is 3.35. The summed E-state index contributed by atoms with van der Waals surface area (Å²) in [5.74, 6) is 0.288. The third-order valence-electron chi connectivity index (χ3n) is 4.54. The number of hydrogen-bond donors (Lipinski definition) is 0. The van der Waals surface area contributed by atoms with E-state index in [2.05, 4.69) is 53.4 Å². The number of hydrogen-bond acceptors (Lipinski definition) is 3. The zero-order valence-electron chi connectivity index (χ0n) is 13.1. The Kier molecular flexibility index (Phi) is 4.00. The summed E-state index contributed by atoms with van der Waals surface area (Å²) in [4.78, 5) is 19.2. The van der Waals surface area contributed by atoms with Gasteiger partial charge in [-0.2, -0.15) is 0 Å². The third-order valence-corrected chi connectivity index (χ3v) is 5.67. The van der Waals surface area contributed by atoms with E-state index in [9.17, 15) is 4.79 Å². The fourth-order valence-corrected chi connectivity index (χ4v) is 4.45. The molecule has 2 heterocycles. The predicted molar refractivity (Wildman–Crippen MR) is 94.4 cm³/mol. The Balaban J connectivity index is 1.58. The lowest BCUT2D eigenvalue weighted by Gasteiger charge is -2.33. The monoisotopic (exact) mass is 324 g/mol. The number of nitrogens with zero attached hydrogens (tertiary/aromatic N) is 2. The Labute approximate surface area is 141 Å². The minimum atomic E-state index is 0.288. The quantitative estimate of drug-likeness (QED) is 0.841. The molecule has 4 rings (SSSR count). The molecule has 2 aromatic carbocycles. The van der Waals surface area contributed by atoms with Crippen LogP contribution in [0.15, 0.2) is 58.3 Å². The van der Waals surface area contributed by atoms with E-state index in [1.165, 1.54) is 21.2 Å². The van der Waals surface area contributed by atoms with Gasteiger partial charge < -0.3 is 9.80 Å². The molecule has 0 radical (unpaired) electrons. The Morgan fingerprint density at radius 3 is 2.09 bits per heavy atom. The van der Waals surface area contributed by atoms with Crippen LogP contribution >= 0.6 is 11.8 Å². The van der Waals surface area contributed by atoms with Crippen LogP contribution in [-0.4, -0.2) is 30.4 Å². The second kappa shape index (κ2) is 6.28. The van der Waals surface area contributed by atoms with E-state index in [0.717, 1.165) is 32.5 Å². The summed E-state index contributed by atoms with van der Waals surface area (Å²) < 4.78 is 0. The van der Waals surface area contributed by atoms with Crippen LogP contribution in [-0.2, 0) is 4.79 Å². The first kappa shape index (κ1) is 14.6. The largest absolute Gasteiger partial charge is 0.343 e. The number of rotatable bonds is 3. The van der Waals surface area contributed by atoms with Gasteiger partial charge in [0.2, 0.25) is 5.91 Å². The molecule has 0 atom stereocenters. The molecule has 0 unspecified atom stereocenters. The Morgan fingerprint density at radius 2 is 1.48 bits per heavy atom. The van der Waals surface area contributed by atoms with E-state index in [0.29, 0.717) is 6.42 Å². The van der Waals surface area contributed by atoms with Gasteiger partial charge in [-0.05, 0) is 37.1 Å². The molecule has 4 heteroatoms. The van der Waals surface area contributed by atoms with Crippen LogP contribution in [0, 0.1) is 0 Å². The Bertz CT molecular complexity index is 679. The molecule has 2 aromatic rings. The van der Waals surface area contributed by atoms with Crippen molar-refractivity contribution in [3.63, 3.8) is 0 Å². The van der Waals surface area contributed by atoms with E-state index in [1.54, 1.807) is 0 Å². The number of likely N-dealkylation sites (tertiary alicyclic amines) is 1. The van der Waals surface area contributed by atoms with Gasteiger partial charge in [-0.3, -0.25) is 4.79 Å². The minimum Gasteiger partial charge on any atom is -0.343 e. The van der Waals surface area contributed by atoms with Crippen molar-refractivity contribution in [3.05, 3.63) is 48.5 Å². The lowest BCUT2D eigenvalue weighted by molar-refractivity contribution is -0.129. The van der Waals surface area contributed by atoms with Crippen LogP contribution < -0.4 is 4.90 Å². The van der Waals surface area contributed by atoms with E-state index in [-0.39, 0.29) is 5.91 Å². The fraction of sp³-hybridized carbons (Fsp3) is 0.316. The molecule has 0 N–H and O–H groups in total. The third kappa shape index (κ3) is 2.83. The number of carbonyl (C=O) groups excluding carboxylic acids is 1. The first-order valence-corrected chi connectivity index (χ1v) is 9.06. The van der Waals surface area contributed by atoms with Gasteiger partial charge in [0.05, 0.1) is 11.4 Å². The first-order valence-electron chi connectivity index (χ1n) is 8.24. The van der Waals surface area contributed by atoms with Crippen LogP contribution in [0.1, 0.15) is 19.3 Å². The summed E-state index contributed by atoms with van der Waals surface area (Å²) in [6.07, 6.45) is 2.88. The van der Waals surface area contributed by atoms with Crippen molar-refractivity contribution in [2.45, 2.75) is 29.1 Å². The van der Waals surface area contributed by atoms with Crippen molar-refractivity contribution in [2.75, 3.05) is 24.5 Å². The molecule has 3 nitrogen and oxygen atoms in total. The van der Waals surface area contributed by atoms with Gasteiger partial charge >= 0.3 is 0 Å². The number of benzene rings is 2. The molecule has 0 aromatic heterocycles. The molecule has 0 saturated carbocycles. The molecule has 1 fully saturated rings. The molecule has 1 amide bonds. The molecular weight excluding hydrogens is 304 g/mol. The van der Waals surface area contributed by atoms with Crippen molar-refractivity contribution in [1.29, 1.82) is 0 Å². The lowest BCUT2D eigenvalue weighted by Crippen LogP contribution is -2.32. The van der Waals surface area contributed by atoms with Gasteiger partial charge in [-0.25, -0.2) is 0 Å². The number of anilines is 2. The summed E-state index contributed by atoms with van der Waals surface area (Å²) in [7, 11) is 0. The topological polar surface area (TPSA) is 23.6 Å². The molecule has 0 spiro atoms. The molecule has 118 valence electrons. The van der Waals surface area contributed by atoms with Crippen LogP contribution in [0.2, 0.25) is 0 Å². The molecule has 23 heavy (non-hydrogen) atoms. The predicted octanol–water partition coefficient (Wildman–Crippen LogP) is 4.30. The summed E-state index contributed by atoms with van der Waals surface area (Å²) in [6.45, 7) is 2.60. The highest BCUT2D eigenvalue weighted by molar-refractivity contribution is 7.99. The number of fused-ring (bicyclic) bond motifs is 2. The van der Waals surface area contributed by atoms with E-state index < -0.39 is 0 Å². The van der Waals surface area contributed by atoms with Crippen LogP contribution in [0.25, 0.3) is 0 Å². The summed E-state index contributed by atoms with van der Waals surface area (Å²) in [6, 6.07) is 16.9. The highest BCUT2D eigenvalue weighted by atomic mass is 32.2. The van der Waals surface area contributed by atoms with Gasteiger partial charge in [0.25, 0.3) is 0 Å². The normalized spacial score (nSPS) is 16.2. The van der Waals surface area contributed by atoms with Gasteiger partial charge in [0.15, 0.2) is 0 Å². The molecule has 0 aliphatic carbocycles. The van der Waals surface area contributed by atoms with Crippen molar-refractivity contribution < 1.29 is 4.79 Å². The Morgan fingerprint density at radius 1 is 0.913 bits per heavy atom. The van der Waals surface area contributed by atoms with E-state index in [4.69, 9.17) is 0 Å². The van der Waals surface area contributed by atoms with Gasteiger partial charge in [-0.15, -0.1) is 0 Å². The van der Waals surface area contributed by atoms with E-state index >= 15 is 0 Å². The van der Waals surface area contributed by atoms with Gasteiger partial charge in [0.1, 0.15) is 0 Å². The smallest absolute Gasteiger partial charge is 0.224 e. The molecule has 2 aliphatic rings. The van der Waals surface area contributed by atoms with Crippen molar-refractivity contribution >= 4 is 29.0 Å². The summed E-state index contributed by atoms with van der Waals surface area (Å²) in [5, 5.41) is 0. The summed E-state index contributed by atoms with van der Waals surface area (Å²) >= 11 is 1.81. The number of amides is 1. The molecule has 0 bridgehead atoms. The number of carbonyl (C=O) groups is 1. The van der Waals surface area contributed by atoms with Crippen molar-refractivity contribution in [1.82, 2.24) is 4.90 Å². The highest BCUT2D eigenvalue weighted by Gasteiger charge is 2.24. The zero-order chi connectivity index (χ0) is 15.6. The SMILES string of the molecule is O=C(CCN1c2ccccc2Sc2ccccc21)N1CCCC1. The lowest BCUT2D eigenvalue weighted by atomic mass is 10.2. The highest BCUT2D eigenvalue weighted by Crippen LogP contribution is 2.47. The number of para-hydroxylation sites is 2. The van der Waals surface area contributed by atoms with E-state index in [1.807, 2.05) is 16.7 Å².